The van der Waals surface area contributed by atoms with Gasteiger partial charge in [0.05, 0.1) is 5.92 Å². The van der Waals surface area contributed by atoms with Crippen molar-refractivity contribution in [3.63, 3.8) is 0 Å². The number of likely N-dealkylation sites (tertiary alicyclic amines) is 1. The summed E-state index contributed by atoms with van der Waals surface area (Å²) in [4.78, 5) is 30.3. The Hall–Kier alpha value is -2.45. The zero-order valence-electron chi connectivity index (χ0n) is 17.8. The fraction of sp³-hybridized carbons (Fsp3) is 0.478. The topological polar surface area (TPSA) is 91.0 Å². The first-order chi connectivity index (χ1) is 15.6. The maximum atomic E-state index is 12.8. The molecular weight excluding hydrogens is 446 g/mol. The van der Waals surface area contributed by atoms with Gasteiger partial charge in [0.2, 0.25) is 16.9 Å². The van der Waals surface area contributed by atoms with E-state index in [0.717, 1.165) is 34.3 Å². The molecule has 1 unspecified atom stereocenters. The number of hydrogen-bond donors (Lipinski definition) is 2. The first-order valence-electron chi connectivity index (χ1n) is 11.2. The minimum Gasteiger partial charge on any atom is -0.361 e. The molecule has 32 heavy (non-hydrogen) atoms. The van der Waals surface area contributed by atoms with Crippen molar-refractivity contribution < 1.29 is 9.59 Å². The normalized spacial score (nSPS) is 19.7. The van der Waals surface area contributed by atoms with E-state index in [1.807, 2.05) is 24.4 Å². The van der Waals surface area contributed by atoms with Crippen LogP contribution in [0.4, 0.5) is 5.13 Å². The number of H-pyrrole nitrogens is 1. The van der Waals surface area contributed by atoms with Crippen LogP contribution in [0.25, 0.3) is 10.9 Å². The molecule has 1 saturated carbocycles. The number of hydrogen-bond acceptors (Lipinski definition) is 5. The summed E-state index contributed by atoms with van der Waals surface area (Å²) in [6.07, 6.45) is 8.97. The van der Waals surface area contributed by atoms with Crippen LogP contribution in [0.2, 0.25) is 5.02 Å². The summed E-state index contributed by atoms with van der Waals surface area (Å²) >= 11 is 7.60. The van der Waals surface area contributed by atoms with Crippen LogP contribution in [0.15, 0.2) is 24.4 Å². The second kappa shape index (κ2) is 9.19. The average molecular weight is 472 g/mol. The lowest BCUT2D eigenvalue weighted by Gasteiger charge is -2.18. The summed E-state index contributed by atoms with van der Waals surface area (Å²) < 4.78 is 0. The maximum Gasteiger partial charge on any atom is 0.231 e. The first-order valence-corrected chi connectivity index (χ1v) is 12.4. The van der Waals surface area contributed by atoms with E-state index in [0.29, 0.717) is 35.6 Å². The average Bonchev–Trinajstić information content (AvgIpc) is 3.52. The molecule has 1 aromatic carbocycles. The molecule has 0 bridgehead atoms. The summed E-state index contributed by atoms with van der Waals surface area (Å²) in [6, 6.07) is 5.75. The van der Waals surface area contributed by atoms with Crippen molar-refractivity contribution in [2.45, 2.75) is 50.9 Å². The number of nitrogens with zero attached hydrogens (tertiary/aromatic N) is 3. The second-order valence-corrected chi connectivity index (χ2v) is 10.2. The van der Waals surface area contributed by atoms with Gasteiger partial charge in [0.15, 0.2) is 0 Å². The first kappa shape index (κ1) is 21.4. The van der Waals surface area contributed by atoms with Crippen LogP contribution < -0.4 is 5.32 Å². The standard InChI is InChI=1S/C23H26ClN5O2S/c24-17-6-7-19-18(11-17)15(12-25-19)8-9-29-13-16(10-20(29)30)21(31)26-23-28-27-22(32-23)14-4-2-1-3-5-14/h6-7,11-12,14,16,25H,1-5,8-10,13H2,(H,26,28,31). The van der Waals surface area contributed by atoms with Crippen molar-refractivity contribution in [2.24, 2.45) is 5.92 Å². The summed E-state index contributed by atoms with van der Waals surface area (Å²) in [6.45, 7) is 1.01. The number of carbonyl (C=O) groups excluding carboxylic acids is 2. The number of anilines is 1. The molecule has 1 aliphatic carbocycles. The molecule has 1 aliphatic heterocycles. The fourth-order valence-electron chi connectivity index (χ4n) is 4.78. The Morgan fingerprint density at radius 2 is 2.09 bits per heavy atom. The predicted molar refractivity (Wildman–Crippen MR) is 126 cm³/mol. The van der Waals surface area contributed by atoms with E-state index < -0.39 is 0 Å². The predicted octanol–water partition coefficient (Wildman–Crippen LogP) is 4.75. The molecule has 0 radical (unpaired) electrons. The van der Waals surface area contributed by atoms with Crippen molar-refractivity contribution in [1.29, 1.82) is 0 Å². The van der Waals surface area contributed by atoms with Gasteiger partial charge in [-0.3, -0.25) is 9.59 Å². The van der Waals surface area contributed by atoms with E-state index in [4.69, 9.17) is 11.6 Å². The third-order valence-electron chi connectivity index (χ3n) is 6.59. The number of nitrogens with one attached hydrogen (secondary N) is 2. The van der Waals surface area contributed by atoms with Crippen LogP contribution in [0.5, 0.6) is 0 Å². The fourth-order valence-corrected chi connectivity index (χ4v) is 5.87. The molecule has 2 amide bonds. The van der Waals surface area contributed by atoms with Gasteiger partial charge in [-0.1, -0.05) is 42.2 Å². The smallest absolute Gasteiger partial charge is 0.231 e. The lowest BCUT2D eigenvalue weighted by Crippen LogP contribution is -2.30. The van der Waals surface area contributed by atoms with Crippen LogP contribution in [0.3, 0.4) is 0 Å². The highest BCUT2D eigenvalue weighted by Gasteiger charge is 2.34. The Bertz CT molecular complexity index is 1140. The monoisotopic (exact) mass is 471 g/mol. The van der Waals surface area contributed by atoms with E-state index in [2.05, 4.69) is 20.5 Å². The molecule has 7 nitrogen and oxygen atoms in total. The lowest BCUT2D eigenvalue weighted by atomic mass is 9.90. The number of fused-ring (bicyclic) bond motifs is 1. The molecule has 2 fully saturated rings. The van der Waals surface area contributed by atoms with Gasteiger partial charge in [0, 0.05) is 47.6 Å². The van der Waals surface area contributed by atoms with Gasteiger partial charge in [-0.25, -0.2) is 0 Å². The van der Waals surface area contributed by atoms with Gasteiger partial charge in [-0.05, 0) is 43.0 Å². The Morgan fingerprint density at radius 1 is 1.25 bits per heavy atom. The van der Waals surface area contributed by atoms with E-state index >= 15 is 0 Å². The largest absolute Gasteiger partial charge is 0.361 e. The molecule has 3 aromatic rings. The van der Waals surface area contributed by atoms with Gasteiger partial charge in [0.25, 0.3) is 0 Å². The number of aromatic nitrogens is 3. The Kier molecular flexibility index (Phi) is 6.15. The van der Waals surface area contributed by atoms with Crippen LogP contribution in [-0.2, 0) is 16.0 Å². The second-order valence-electron chi connectivity index (χ2n) is 8.76. The summed E-state index contributed by atoms with van der Waals surface area (Å²) in [7, 11) is 0. The molecule has 5 rings (SSSR count). The van der Waals surface area contributed by atoms with Crippen LogP contribution in [0.1, 0.15) is 55.0 Å². The summed E-state index contributed by atoms with van der Waals surface area (Å²) in [5, 5.41) is 14.7. The van der Waals surface area contributed by atoms with E-state index in [-0.39, 0.29) is 24.2 Å². The molecular formula is C23H26ClN5O2S. The third-order valence-corrected chi connectivity index (χ3v) is 7.83. The highest BCUT2D eigenvalue weighted by atomic mass is 35.5. The number of carbonyl (C=O) groups is 2. The van der Waals surface area contributed by atoms with Crippen molar-refractivity contribution in [3.8, 4) is 0 Å². The van der Waals surface area contributed by atoms with Crippen molar-refractivity contribution in [2.75, 3.05) is 18.4 Å². The quantitative estimate of drug-likeness (QED) is 0.542. The third kappa shape index (κ3) is 4.52. The Morgan fingerprint density at radius 3 is 2.94 bits per heavy atom. The van der Waals surface area contributed by atoms with E-state index in [1.165, 1.54) is 30.6 Å². The molecule has 3 heterocycles. The van der Waals surface area contributed by atoms with Crippen LogP contribution in [0, 0.1) is 5.92 Å². The van der Waals surface area contributed by atoms with Gasteiger partial charge in [0.1, 0.15) is 5.01 Å². The van der Waals surface area contributed by atoms with Crippen molar-refractivity contribution in [3.05, 3.63) is 40.0 Å². The number of benzene rings is 1. The van der Waals surface area contributed by atoms with Gasteiger partial charge in [-0.15, -0.1) is 10.2 Å². The number of aromatic amines is 1. The van der Waals surface area contributed by atoms with E-state index in [1.54, 1.807) is 4.90 Å². The zero-order valence-corrected chi connectivity index (χ0v) is 19.3. The summed E-state index contributed by atoms with van der Waals surface area (Å²) in [5.74, 6) is -0.0222. The van der Waals surface area contributed by atoms with Gasteiger partial charge < -0.3 is 15.2 Å². The van der Waals surface area contributed by atoms with Gasteiger partial charge in [-0.2, -0.15) is 0 Å². The van der Waals surface area contributed by atoms with E-state index in [9.17, 15) is 9.59 Å². The highest BCUT2D eigenvalue weighted by Crippen LogP contribution is 2.35. The van der Waals surface area contributed by atoms with Crippen molar-refractivity contribution in [1.82, 2.24) is 20.1 Å². The Balaban J connectivity index is 1.17. The maximum absolute atomic E-state index is 12.8. The molecule has 2 N–H and O–H groups in total. The van der Waals surface area contributed by atoms with Crippen LogP contribution in [-0.4, -0.2) is 45.0 Å². The minimum atomic E-state index is -0.359. The van der Waals surface area contributed by atoms with Crippen LogP contribution >= 0.6 is 22.9 Å². The number of rotatable bonds is 6. The molecule has 1 atom stereocenters. The number of amides is 2. The van der Waals surface area contributed by atoms with Gasteiger partial charge >= 0.3 is 0 Å². The SMILES string of the molecule is O=C(Nc1nnc(C2CCCCC2)s1)C1CC(=O)N(CCc2c[nH]c3ccc(Cl)cc23)C1. The molecule has 0 spiro atoms. The molecule has 1 saturated heterocycles. The molecule has 2 aromatic heterocycles. The number of halogens is 1. The highest BCUT2D eigenvalue weighted by molar-refractivity contribution is 7.15. The lowest BCUT2D eigenvalue weighted by molar-refractivity contribution is -0.128. The molecule has 9 heteroatoms. The Labute approximate surface area is 195 Å². The minimum absolute atomic E-state index is 0.0168. The van der Waals surface area contributed by atoms with Crippen molar-refractivity contribution >= 4 is 50.8 Å². The molecule has 2 aliphatic rings. The zero-order chi connectivity index (χ0) is 22.1. The summed E-state index contributed by atoms with van der Waals surface area (Å²) in [5.41, 5.74) is 2.14. The molecule has 168 valence electrons.